The number of carbonyl (C=O) groups is 1. The van der Waals surface area contributed by atoms with Crippen molar-refractivity contribution in [2.45, 2.75) is 92.7 Å². The van der Waals surface area contributed by atoms with Crippen LogP contribution in [-0.4, -0.2) is 34.6 Å². The molecule has 0 amide bonds. The summed E-state index contributed by atoms with van der Waals surface area (Å²) < 4.78 is 0. The third-order valence-corrected chi connectivity index (χ3v) is 5.80. The minimum Gasteiger partial charge on any atom is -0.480 e. The maximum Gasteiger partial charge on any atom is 0.323 e. The molecule has 2 unspecified atom stereocenters. The molecule has 0 aliphatic rings. The highest BCUT2D eigenvalue weighted by Crippen LogP contribution is 2.35. The largest absolute Gasteiger partial charge is 0.480 e. The number of carboxylic acid groups (broad SMARTS) is 1. The summed E-state index contributed by atoms with van der Waals surface area (Å²) in [6, 6.07) is 0.143. The van der Waals surface area contributed by atoms with Crippen molar-refractivity contribution in [2.24, 2.45) is 10.8 Å². The fourth-order valence-corrected chi connectivity index (χ4v) is 3.06. The second-order valence-electron chi connectivity index (χ2n) is 8.53. The van der Waals surface area contributed by atoms with Crippen LogP contribution in [0.25, 0.3) is 0 Å². The van der Waals surface area contributed by atoms with Crippen molar-refractivity contribution in [3.63, 3.8) is 0 Å². The van der Waals surface area contributed by atoms with Crippen LogP contribution in [0, 0.1) is 10.8 Å². The molecule has 0 rings (SSSR count). The predicted octanol–water partition coefficient (Wildman–Crippen LogP) is 5.36. The quantitative estimate of drug-likeness (QED) is 0.550. The van der Waals surface area contributed by atoms with Gasteiger partial charge in [-0.3, -0.25) is 9.69 Å². The summed E-state index contributed by atoms with van der Waals surface area (Å²) in [4.78, 5) is 13.5. The summed E-state index contributed by atoms with van der Waals surface area (Å²) in [6.07, 6.45) is 9.09. The molecule has 0 fully saturated rings. The summed E-state index contributed by atoms with van der Waals surface area (Å²) in [5.41, 5.74) is -0.579. The Morgan fingerprint density at radius 1 is 1.17 bits per heavy atom. The Hall–Kier alpha value is -0.830. The van der Waals surface area contributed by atoms with Gasteiger partial charge < -0.3 is 5.11 Å². The van der Waals surface area contributed by atoms with E-state index in [-0.39, 0.29) is 11.5 Å². The molecule has 136 valence electrons. The van der Waals surface area contributed by atoms with E-state index in [9.17, 15) is 9.90 Å². The summed E-state index contributed by atoms with van der Waals surface area (Å²) in [5.74, 6) is -0.779. The van der Waals surface area contributed by atoms with Gasteiger partial charge in [-0.15, -0.1) is 0 Å². The molecule has 0 radical (unpaired) electrons. The lowest BCUT2D eigenvalue weighted by Crippen LogP contribution is -2.55. The van der Waals surface area contributed by atoms with E-state index in [0.29, 0.717) is 5.41 Å². The van der Waals surface area contributed by atoms with Gasteiger partial charge in [-0.05, 0) is 52.5 Å². The number of rotatable bonds is 10. The van der Waals surface area contributed by atoms with Gasteiger partial charge in [0.1, 0.15) is 5.54 Å². The molecule has 23 heavy (non-hydrogen) atoms. The Balaban J connectivity index is 5.18. The van der Waals surface area contributed by atoms with Crippen molar-refractivity contribution in [2.75, 3.05) is 7.05 Å². The molecule has 0 aliphatic heterocycles. The Morgan fingerprint density at radius 2 is 1.70 bits per heavy atom. The lowest BCUT2D eigenvalue weighted by atomic mass is 9.76. The van der Waals surface area contributed by atoms with Gasteiger partial charge in [0.15, 0.2) is 0 Å². The van der Waals surface area contributed by atoms with Gasteiger partial charge in [0.25, 0.3) is 0 Å². The summed E-state index contributed by atoms with van der Waals surface area (Å²) >= 11 is 0. The van der Waals surface area contributed by atoms with Crippen LogP contribution in [0.15, 0.2) is 12.2 Å². The van der Waals surface area contributed by atoms with Crippen LogP contribution in [-0.2, 0) is 4.79 Å². The molecule has 0 heterocycles. The zero-order valence-corrected chi connectivity index (χ0v) is 16.9. The van der Waals surface area contributed by atoms with Crippen LogP contribution in [0.4, 0.5) is 0 Å². The van der Waals surface area contributed by atoms with Crippen LogP contribution in [0.5, 0.6) is 0 Å². The van der Waals surface area contributed by atoms with E-state index >= 15 is 0 Å². The fraction of sp³-hybridized carbons (Fsp3) is 0.850. The Kier molecular flexibility index (Phi) is 8.02. The molecular weight excluding hydrogens is 286 g/mol. The molecule has 0 aromatic heterocycles. The maximum absolute atomic E-state index is 11.5. The van der Waals surface area contributed by atoms with Gasteiger partial charge in [0.2, 0.25) is 0 Å². The van der Waals surface area contributed by atoms with Crippen molar-refractivity contribution in [3.8, 4) is 0 Å². The Labute approximate surface area is 144 Å². The minimum absolute atomic E-state index is 0.0379. The lowest BCUT2D eigenvalue weighted by Gasteiger charge is -2.44. The summed E-state index contributed by atoms with van der Waals surface area (Å²) in [5, 5.41) is 9.48. The van der Waals surface area contributed by atoms with Crippen molar-refractivity contribution in [1.29, 1.82) is 0 Å². The molecule has 0 aromatic rings. The molecular formula is C20H39NO2. The zero-order valence-electron chi connectivity index (χ0n) is 16.9. The Bertz CT molecular complexity index is 412. The average Bonchev–Trinajstić information content (AvgIpc) is 2.44. The van der Waals surface area contributed by atoms with Crippen molar-refractivity contribution in [3.05, 3.63) is 12.2 Å². The van der Waals surface area contributed by atoms with Crippen LogP contribution in [0.2, 0.25) is 0 Å². The number of allylic oxidation sites excluding steroid dienone is 1. The van der Waals surface area contributed by atoms with Gasteiger partial charge >= 0.3 is 5.97 Å². The van der Waals surface area contributed by atoms with Crippen molar-refractivity contribution in [1.82, 2.24) is 4.90 Å². The second-order valence-corrected chi connectivity index (χ2v) is 8.53. The highest BCUT2D eigenvalue weighted by atomic mass is 16.4. The van der Waals surface area contributed by atoms with Gasteiger partial charge in [-0.1, -0.05) is 53.2 Å². The molecule has 1 N–H and O–H groups in total. The highest BCUT2D eigenvalue weighted by molar-refractivity contribution is 5.77. The van der Waals surface area contributed by atoms with E-state index in [2.05, 4.69) is 53.7 Å². The molecule has 0 saturated heterocycles. The topological polar surface area (TPSA) is 40.5 Å². The van der Waals surface area contributed by atoms with Gasteiger partial charge in [-0.25, -0.2) is 0 Å². The lowest BCUT2D eigenvalue weighted by molar-refractivity contribution is -0.150. The van der Waals surface area contributed by atoms with Crippen LogP contribution in [0.1, 0.15) is 81.1 Å². The van der Waals surface area contributed by atoms with E-state index in [1.807, 2.05) is 11.9 Å². The second kappa shape index (κ2) is 8.32. The molecule has 3 heteroatoms. The molecule has 0 spiro atoms. The van der Waals surface area contributed by atoms with Crippen LogP contribution < -0.4 is 0 Å². The standard InChI is InChI=1S/C20H39NO2/c1-10-13-18(4,5)14-12-15-20(8,11-2)16(3)21(9)19(6,7)17(22)23/h12,15-16H,10-11,13-14H2,1-9H3,(H,22,23). The predicted molar refractivity (Wildman–Crippen MR) is 99.8 cm³/mol. The van der Waals surface area contributed by atoms with Crippen molar-refractivity contribution >= 4 is 5.97 Å². The molecule has 0 aliphatic carbocycles. The normalized spacial score (nSPS) is 17.5. The van der Waals surface area contributed by atoms with E-state index < -0.39 is 11.5 Å². The molecule has 2 atom stereocenters. The first kappa shape index (κ1) is 22.2. The first-order valence-electron chi connectivity index (χ1n) is 8.98. The average molecular weight is 326 g/mol. The van der Waals surface area contributed by atoms with Gasteiger partial charge in [0.05, 0.1) is 0 Å². The highest BCUT2D eigenvalue weighted by Gasteiger charge is 2.40. The fourth-order valence-electron chi connectivity index (χ4n) is 3.06. The van der Waals surface area contributed by atoms with E-state index in [1.165, 1.54) is 12.8 Å². The summed E-state index contributed by atoms with van der Waals surface area (Å²) in [6.45, 7) is 16.9. The molecule has 0 aromatic carbocycles. The van der Waals surface area contributed by atoms with Crippen LogP contribution >= 0.6 is 0 Å². The monoisotopic (exact) mass is 325 g/mol. The number of hydrogen-bond donors (Lipinski definition) is 1. The molecule has 0 saturated carbocycles. The third kappa shape index (κ3) is 5.95. The number of likely N-dealkylation sites (N-methyl/N-ethyl adjacent to an activating group) is 1. The SMILES string of the molecule is CCCC(C)(C)CC=CC(C)(CC)C(C)N(C)C(C)(C)C(=O)O. The number of carboxylic acids is 1. The minimum atomic E-state index is -0.870. The van der Waals surface area contributed by atoms with Crippen LogP contribution in [0.3, 0.4) is 0 Å². The Morgan fingerprint density at radius 3 is 2.09 bits per heavy atom. The maximum atomic E-state index is 11.5. The van der Waals surface area contributed by atoms with Gasteiger partial charge in [0, 0.05) is 11.5 Å². The number of hydrogen-bond acceptors (Lipinski definition) is 2. The summed E-state index contributed by atoms with van der Waals surface area (Å²) in [7, 11) is 1.92. The zero-order chi connectivity index (χ0) is 18.5. The molecule has 3 nitrogen and oxygen atoms in total. The first-order valence-corrected chi connectivity index (χ1v) is 8.98. The van der Waals surface area contributed by atoms with E-state index in [0.717, 1.165) is 12.8 Å². The smallest absolute Gasteiger partial charge is 0.323 e. The van der Waals surface area contributed by atoms with Gasteiger partial charge in [-0.2, -0.15) is 0 Å². The number of aliphatic carboxylic acids is 1. The van der Waals surface area contributed by atoms with E-state index in [1.54, 1.807) is 13.8 Å². The molecule has 0 bridgehead atoms. The van der Waals surface area contributed by atoms with Crippen molar-refractivity contribution < 1.29 is 9.90 Å². The van der Waals surface area contributed by atoms with E-state index in [4.69, 9.17) is 0 Å². The third-order valence-electron chi connectivity index (χ3n) is 5.80. The number of nitrogens with zero attached hydrogens (tertiary/aromatic N) is 1. The first-order chi connectivity index (χ1) is 10.3.